The van der Waals surface area contributed by atoms with Gasteiger partial charge in [0.15, 0.2) is 18.1 Å². The molecule has 4 atom stereocenters. The van der Waals surface area contributed by atoms with Gasteiger partial charge in [-0.05, 0) is 0 Å². The van der Waals surface area contributed by atoms with E-state index in [4.69, 9.17) is 15.2 Å². The molecule has 1 saturated heterocycles. The number of aliphatic hydroxyl groups excluding tert-OH is 1. The van der Waals surface area contributed by atoms with E-state index in [1.54, 1.807) is 11.1 Å². The molecule has 0 aliphatic carbocycles. The van der Waals surface area contributed by atoms with Crippen molar-refractivity contribution < 1.29 is 19.4 Å². The second-order valence-corrected chi connectivity index (χ2v) is 6.58. The van der Waals surface area contributed by atoms with Gasteiger partial charge in [-0.2, -0.15) is 4.98 Å². The summed E-state index contributed by atoms with van der Waals surface area (Å²) in [5.74, 6) is 0.127. The molecule has 1 fully saturated rings. The first-order valence-electron chi connectivity index (χ1n) is 7.14. The standard InChI is InChI=1S/C14H18N4O4S/c1-6-9(5-19)22-13(11(6)21-8(3)20)18-7(2)23-10-4-16-14(15)17-12(10)18/h4,6,9,11,13,19H,2,5H2,1,3H3,(H2,15,16,17)/t6-,9-,11-,13-/m1/s1. The van der Waals surface area contributed by atoms with Crippen LogP contribution in [0.3, 0.4) is 0 Å². The quantitative estimate of drug-likeness (QED) is 0.770. The SMILES string of the molecule is C=C1Sc2cnc(N)nc2N1[C@@H]1O[C@H](CO)[C@@H](C)[C@H]1OC(C)=O. The molecule has 2 aliphatic rings. The van der Waals surface area contributed by atoms with Gasteiger partial charge in [0, 0.05) is 19.0 Å². The van der Waals surface area contributed by atoms with Crippen molar-refractivity contribution in [2.75, 3.05) is 17.2 Å². The lowest BCUT2D eigenvalue weighted by molar-refractivity contribution is -0.150. The Labute approximate surface area is 137 Å². The number of rotatable bonds is 3. The summed E-state index contributed by atoms with van der Waals surface area (Å²) in [5.41, 5.74) is 5.68. The Bertz CT molecular complexity index is 656. The van der Waals surface area contributed by atoms with Crippen LogP contribution in [0.4, 0.5) is 11.8 Å². The number of carbonyl (C=O) groups is 1. The molecule has 124 valence electrons. The second kappa shape index (κ2) is 5.99. The van der Waals surface area contributed by atoms with Gasteiger partial charge in [0.05, 0.1) is 22.6 Å². The van der Waals surface area contributed by atoms with Crippen LogP contribution in [0.2, 0.25) is 0 Å². The van der Waals surface area contributed by atoms with Crippen LogP contribution in [0, 0.1) is 5.92 Å². The topological polar surface area (TPSA) is 111 Å². The minimum absolute atomic E-state index is 0.137. The number of esters is 1. The van der Waals surface area contributed by atoms with Gasteiger partial charge in [0.2, 0.25) is 5.95 Å². The predicted octanol–water partition coefficient (Wildman–Crippen LogP) is 0.727. The summed E-state index contributed by atoms with van der Waals surface area (Å²) >= 11 is 1.39. The summed E-state index contributed by atoms with van der Waals surface area (Å²) in [5, 5.41) is 10.2. The fourth-order valence-electron chi connectivity index (χ4n) is 2.80. The maximum Gasteiger partial charge on any atom is 0.303 e. The maximum atomic E-state index is 11.4. The van der Waals surface area contributed by atoms with Crippen molar-refractivity contribution in [2.45, 2.75) is 37.2 Å². The zero-order valence-corrected chi connectivity index (χ0v) is 13.6. The van der Waals surface area contributed by atoms with Crippen LogP contribution in [-0.4, -0.2) is 46.1 Å². The molecule has 0 bridgehead atoms. The molecule has 0 amide bonds. The number of carbonyl (C=O) groups excluding carboxylic acids is 1. The molecule has 0 spiro atoms. The number of aromatic nitrogens is 2. The number of nitrogens with zero attached hydrogens (tertiary/aromatic N) is 3. The molecule has 0 unspecified atom stereocenters. The molecular formula is C14H18N4O4S. The van der Waals surface area contributed by atoms with Gasteiger partial charge < -0.3 is 20.3 Å². The molecule has 8 nitrogen and oxygen atoms in total. The average molecular weight is 338 g/mol. The predicted molar refractivity (Wildman–Crippen MR) is 84.4 cm³/mol. The lowest BCUT2D eigenvalue weighted by Gasteiger charge is -2.30. The van der Waals surface area contributed by atoms with Crippen molar-refractivity contribution in [1.82, 2.24) is 9.97 Å². The fraction of sp³-hybridized carbons (Fsp3) is 0.500. The van der Waals surface area contributed by atoms with E-state index in [1.165, 1.54) is 18.7 Å². The normalized spacial score (nSPS) is 29.7. The minimum Gasteiger partial charge on any atom is -0.457 e. The largest absolute Gasteiger partial charge is 0.457 e. The molecule has 9 heteroatoms. The Hall–Kier alpha value is -1.84. The van der Waals surface area contributed by atoms with Crippen molar-refractivity contribution in [3.05, 3.63) is 17.8 Å². The number of aliphatic hydroxyl groups is 1. The third-order valence-corrected chi connectivity index (χ3v) is 4.86. The molecule has 23 heavy (non-hydrogen) atoms. The Morgan fingerprint density at radius 3 is 3.04 bits per heavy atom. The van der Waals surface area contributed by atoms with Crippen LogP contribution in [0.15, 0.2) is 22.7 Å². The van der Waals surface area contributed by atoms with Crippen molar-refractivity contribution in [3.63, 3.8) is 0 Å². The number of hydrogen-bond donors (Lipinski definition) is 2. The van der Waals surface area contributed by atoms with Gasteiger partial charge >= 0.3 is 5.97 Å². The molecule has 2 aliphatic heterocycles. The molecule has 3 rings (SSSR count). The number of thioether (sulfide) groups is 1. The van der Waals surface area contributed by atoms with Crippen molar-refractivity contribution in [1.29, 1.82) is 0 Å². The van der Waals surface area contributed by atoms with Crippen LogP contribution in [-0.2, 0) is 14.3 Å². The first kappa shape index (κ1) is 16.0. The molecule has 3 N–H and O–H groups in total. The lowest BCUT2D eigenvalue weighted by Crippen LogP contribution is -2.43. The maximum absolute atomic E-state index is 11.4. The highest BCUT2D eigenvalue weighted by Crippen LogP contribution is 2.47. The highest BCUT2D eigenvalue weighted by molar-refractivity contribution is 8.03. The van der Waals surface area contributed by atoms with Gasteiger partial charge in [-0.1, -0.05) is 25.3 Å². The van der Waals surface area contributed by atoms with Crippen LogP contribution >= 0.6 is 11.8 Å². The van der Waals surface area contributed by atoms with Gasteiger partial charge in [-0.3, -0.25) is 9.69 Å². The van der Waals surface area contributed by atoms with Crippen LogP contribution in [0.5, 0.6) is 0 Å². The third kappa shape index (κ3) is 2.75. The first-order chi connectivity index (χ1) is 10.9. The summed E-state index contributed by atoms with van der Waals surface area (Å²) in [7, 11) is 0. The van der Waals surface area contributed by atoms with Crippen molar-refractivity contribution in [3.8, 4) is 0 Å². The minimum atomic E-state index is -0.624. The highest BCUT2D eigenvalue weighted by atomic mass is 32.2. The Morgan fingerprint density at radius 1 is 1.65 bits per heavy atom. The third-order valence-electron chi connectivity index (χ3n) is 3.92. The average Bonchev–Trinajstić information content (AvgIpc) is 2.96. The summed E-state index contributed by atoms with van der Waals surface area (Å²) in [6, 6.07) is 0. The molecule has 1 aromatic heterocycles. The molecule has 1 aromatic rings. The van der Waals surface area contributed by atoms with Gasteiger partial charge in [0.25, 0.3) is 0 Å². The Kier molecular flexibility index (Phi) is 4.17. The molecule has 0 saturated carbocycles. The summed E-state index contributed by atoms with van der Waals surface area (Å²) < 4.78 is 11.3. The van der Waals surface area contributed by atoms with E-state index in [1.807, 2.05) is 6.92 Å². The number of nitrogen functional groups attached to an aromatic ring is 1. The first-order valence-corrected chi connectivity index (χ1v) is 7.96. The monoisotopic (exact) mass is 338 g/mol. The van der Waals surface area contributed by atoms with Crippen LogP contribution < -0.4 is 10.6 Å². The van der Waals surface area contributed by atoms with E-state index in [0.717, 1.165) is 4.90 Å². The number of fused-ring (bicyclic) bond motifs is 1. The number of ether oxygens (including phenoxy) is 2. The Morgan fingerprint density at radius 2 is 2.39 bits per heavy atom. The van der Waals surface area contributed by atoms with Crippen LogP contribution in [0.1, 0.15) is 13.8 Å². The zero-order chi connectivity index (χ0) is 16.7. The summed E-state index contributed by atoms with van der Waals surface area (Å²) in [4.78, 5) is 22.2. The van der Waals surface area contributed by atoms with E-state index < -0.39 is 24.4 Å². The highest BCUT2D eigenvalue weighted by Gasteiger charge is 2.49. The second-order valence-electron chi connectivity index (χ2n) is 5.46. The molecule has 0 aromatic carbocycles. The van der Waals surface area contributed by atoms with E-state index in [9.17, 15) is 9.90 Å². The van der Waals surface area contributed by atoms with Gasteiger partial charge in [-0.25, -0.2) is 4.98 Å². The zero-order valence-electron chi connectivity index (χ0n) is 12.8. The summed E-state index contributed by atoms with van der Waals surface area (Å²) in [6.07, 6.45) is 0.00659. The van der Waals surface area contributed by atoms with Gasteiger partial charge in [0.1, 0.15) is 0 Å². The van der Waals surface area contributed by atoms with E-state index in [2.05, 4.69) is 16.5 Å². The molecular weight excluding hydrogens is 320 g/mol. The fourth-order valence-corrected chi connectivity index (χ4v) is 3.69. The summed E-state index contributed by atoms with van der Waals surface area (Å²) in [6.45, 7) is 7.06. The lowest BCUT2D eigenvalue weighted by atomic mass is 10.0. The number of nitrogens with two attached hydrogens (primary N) is 1. The smallest absolute Gasteiger partial charge is 0.303 e. The van der Waals surface area contributed by atoms with Crippen molar-refractivity contribution >= 4 is 29.5 Å². The van der Waals surface area contributed by atoms with Crippen molar-refractivity contribution in [2.24, 2.45) is 5.92 Å². The molecule has 3 heterocycles. The van der Waals surface area contributed by atoms with Gasteiger partial charge in [-0.15, -0.1) is 0 Å². The van der Waals surface area contributed by atoms with Crippen LogP contribution in [0.25, 0.3) is 0 Å². The van der Waals surface area contributed by atoms with E-state index in [-0.39, 0.29) is 18.5 Å². The molecule has 0 radical (unpaired) electrons. The number of hydrogen-bond acceptors (Lipinski definition) is 9. The Balaban J connectivity index is 1.97. The van der Waals surface area contributed by atoms with E-state index >= 15 is 0 Å². The van der Waals surface area contributed by atoms with E-state index in [0.29, 0.717) is 10.8 Å². The number of anilines is 2.